The number of amides is 2. The molecule has 134 valence electrons. The minimum Gasteiger partial charge on any atom is -0.339 e. The number of thiophene rings is 1. The van der Waals surface area contributed by atoms with E-state index in [0.717, 1.165) is 11.3 Å². The highest BCUT2D eigenvalue weighted by molar-refractivity contribution is 7.91. The van der Waals surface area contributed by atoms with Crippen molar-refractivity contribution in [3.63, 3.8) is 0 Å². The second-order valence-corrected chi connectivity index (χ2v) is 8.97. The Hall–Kier alpha value is -1.45. The van der Waals surface area contributed by atoms with Crippen LogP contribution in [0.25, 0.3) is 0 Å². The molecule has 1 N–H and O–H groups in total. The molecule has 0 bridgehead atoms. The normalized spacial score (nSPS) is 17.2. The number of nitrogens with zero attached hydrogens (tertiary/aromatic N) is 2. The summed E-state index contributed by atoms with van der Waals surface area (Å²) in [5.74, 6) is -0.260. The lowest BCUT2D eigenvalue weighted by Gasteiger charge is -2.36. The highest BCUT2D eigenvalue weighted by atomic mass is 32.2. The first-order chi connectivity index (χ1) is 11.2. The van der Waals surface area contributed by atoms with E-state index in [0.29, 0.717) is 26.2 Å². The Kier molecular flexibility index (Phi) is 6.00. The van der Waals surface area contributed by atoms with Gasteiger partial charge in [-0.2, -0.15) is 4.72 Å². The lowest BCUT2D eigenvalue weighted by molar-refractivity contribution is -0.142. The lowest BCUT2D eigenvalue weighted by atomic mass is 10.1. The molecule has 7 nitrogen and oxygen atoms in total. The van der Waals surface area contributed by atoms with Crippen LogP contribution < -0.4 is 4.72 Å². The summed E-state index contributed by atoms with van der Waals surface area (Å²) in [5.41, 5.74) is 0. The molecule has 2 heterocycles. The SMILES string of the molecule is CC(C)C(=O)N1CCN(C(=O)C(C)NS(=O)(=O)c2cccs2)CC1. The largest absolute Gasteiger partial charge is 0.339 e. The van der Waals surface area contributed by atoms with E-state index in [-0.39, 0.29) is 21.9 Å². The molecule has 1 aliphatic rings. The van der Waals surface area contributed by atoms with E-state index >= 15 is 0 Å². The molecule has 2 rings (SSSR count). The first kappa shape index (κ1) is 18.9. The van der Waals surface area contributed by atoms with Crippen molar-refractivity contribution in [2.75, 3.05) is 26.2 Å². The molecule has 0 saturated carbocycles. The summed E-state index contributed by atoms with van der Waals surface area (Å²) < 4.78 is 27.0. The minimum atomic E-state index is -3.68. The van der Waals surface area contributed by atoms with Crippen molar-refractivity contribution >= 4 is 33.2 Å². The van der Waals surface area contributed by atoms with Crippen molar-refractivity contribution in [3.05, 3.63) is 17.5 Å². The Balaban J connectivity index is 1.92. The van der Waals surface area contributed by atoms with Crippen molar-refractivity contribution in [3.8, 4) is 0 Å². The summed E-state index contributed by atoms with van der Waals surface area (Å²) in [6.45, 7) is 7.03. The fraction of sp³-hybridized carbons (Fsp3) is 0.600. The van der Waals surface area contributed by atoms with Crippen molar-refractivity contribution in [1.29, 1.82) is 0 Å². The molecule has 0 radical (unpaired) electrons. The molecule has 0 spiro atoms. The highest BCUT2D eigenvalue weighted by Crippen LogP contribution is 2.16. The van der Waals surface area contributed by atoms with E-state index in [2.05, 4.69) is 4.72 Å². The number of sulfonamides is 1. The summed E-state index contributed by atoms with van der Waals surface area (Å²) in [6, 6.07) is 2.31. The average molecular weight is 374 g/mol. The Labute approximate surface area is 146 Å². The van der Waals surface area contributed by atoms with Gasteiger partial charge in [-0.1, -0.05) is 19.9 Å². The first-order valence-electron chi connectivity index (χ1n) is 7.86. The van der Waals surface area contributed by atoms with E-state index in [1.165, 1.54) is 6.07 Å². The van der Waals surface area contributed by atoms with Crippen LogP contribution in [0.4, 0.5) is 0 Å². The van der Waals surface area contributed by atoms with Crippen LogP contribution in [0.5, 0.6) is 0 Å². The summed E-state index contributed by atoms with van der Waals surface area (Å²) in [5, 5.41) is 1.67. The van der Waals surface area contributed by atoms with Crippen LogP contribution in [0, 0.1) is 5.92 Å². The maximum atomic E-state index is 12.5. The molecule has 1 fully saturated rings. The summed E-state index contributed by atoms with van der Waals surface area (Å²) in [7, 11) is -3.68. The number of rotatable bonds is 5. The van der Waals surface area contributed by atoms with Gasteiger partial charge in [0.1, 0.15) is 4.21 Å². The van der Waals surface area contributed by atoms with Crippen LogP contribution >= 0.6 is 11.3 Å². The maximum Gasteiger partial charge on any atom is 0.250 e. The predicted molar refractivity (Wildman–Crippen MR) is 92.1 cm³/mol. The van der Waals surface area contributed by atoms with Gasteiger partial charge in [0.15, 0.2) is 0 Å². The van der Waals surface area contributed by atoms with Gasteiger partial charge in [0, 0.05) is 32.1 Å². The maximum absolute atomic E-state index is 12.5. The smallest absolute Gasteiger partial charge is 0.250 e. The van der Waals surface area contributed by atoms with Gasteiger partial charge in [0.2, 0.25) is 11.8 Å². The third kappa shape index (κ3) is 4.34. The van der Waals surface area contributed by atoms with Crippen LogP contribution in [-0.2, 0) is 19.6 Å². The molecule has 1 aromatic heterocycles. The molecule has 0 aromatic carbocycles. The lowest BCUT2D eigenvalue weighted by Crippen LogP contribution is -2.55. The average Bonchev–Trinajstić information content (AvgIpc) is 3.08. The second kappa shape index (κ2) is 7.62. The predicted octanol–water partition coefficient (Wildman–Crippen LogP) is 0.742. The molecule has 1 unspecified atom stereocenters. The molecule has 1 saturated heterocycles. The van der Waals surface area contributed by atoms with Crippen LogP contribution in [0.1, 0.15) is 20.8 Å². The standard InChI is InChI=1S/C15H23N3O4S2/c1-11(2)14(19)17-6-8-18(9-7-17)15(20)12(3)16-24(21,22)13-5-4-10-23-13/h4-5,10-12,16H,6-9H2,1-3H3. The Morgan fingerprint density at radius 2 is 1.62 bits per heavy atom. The van der Waals surface area contributed by atoms with E-state index < -0.39 is 16.1 Å². The van der Waals surface area contributed by atoms with E-state index in [1.54, 1.807) is 28.2 Å². The molecular weight excluding hydrogens is 350 g/mol. The number of piperazine rings is 1. The number of hydrogen-bond acceptors (Lipinski definition) is 5. The van der Waals surface area contributed by atoms with E-state index in [9.17, 15) is 18.0 Å². The number of carbonyl (C=O) groups is 2. The van der Waals surface area contributed by atoms with Crippen molar-refractivity contribution in [1.82, 2.24) is 14.5 Å². The third-order valence-electron chi connectivity index (χ3n) is 3.86. The summed E-state index contributed by atoms with van der Waals surface area (Å²) in [6.07, 6.45) is 0. The van der Waals surface area contributed by atoms with Crippen LogP contribution in [0.3, 0.4) is 0 Å². The van der Waals surface area contributed by atoms with Gasteiger partial charge in [-0.15, -0.1) is 11.3 Å². The van der Waals surface area contributed by atoms with Crippen LogP contribution in [0.2, 0.25) is 0 Å². The highest BCUT2D eigenvalue weighted by Gasteiger charge is 2.30. The summed E-state index contributed by atoms with van der Waals surface area (Å²) in [4.78, 5) is 27.8. The molecule has 24 heavy (non-hydrogen) atoms. The minimum absolute atomic E-state index is 0.0659. The Bertz CT molecular complexity index is 678. The Morgan fingerprint density at radius 3 is 2.08 bits per heavy atom. The fourth-order valence-electron chi connectivity index (χ4n) is 2.54. The Morgan fingerprint density at radius 1 is 1.08 bits per heavy atom. The van der Waals surface area contributed by atoms with Crippen LogP contribution in [-0.4, -0.2) is 62.3 Å². The van der Waals surface area contributed by atoms with E-state index in [4.69, 9.17) is 0 Å². The van der Waals surface area contributed by atoms with E-state index in [1.807, 2.05) is 13.8 Å². The van der Waals surface area contributed by atoms with Gasteiger partial charge in [-0.05, 0) is 18.4 Å². The van der Waals surface area contributed by atoms with Gasteiger partial charge in [-0.25, -0.2) is 8.42 Å². The summed E-state index contributed by atoms with van der Waals surface area (Å²) >= 11 is 1.11. The first-order valence-corrected chi connectivity index (χ1v) is 10.2. The van der Waals surface area contributed by atoms with Crippen molar-refractivity contribution in [2.24, 2.45) is 5.92 Å². The van der Waals surface area contributed by atoms with Gasteiger partial charge < -0.3 is 9.80 Å². The van der Waals surface area contributed by atoms with Crippen LogP contribution in [0.15, 0.2) is 21.7 Å². The van der Waals surface area contributed by atoms with Gasteiger partial charge >= 0.3 is 0 Å². The zero-order valence-electron chi connectivity index (χ0n) is 14.1. The fourth-order valence-corrected chi connectivity index (χ4v) is 4.75. The zero-order chi connectivity index (χ0) is 17.9. The topological polar surface area (TPSA) is 86.8 Å². The van der Waals surface area contributed by atoms with Gasteiger partial charge in [-0.3, -0.25) is 9.59 Å². The van der Waals surface area contributed by atoms with Crippen molar-refractivity contribution < 1.29 is 18.0 Å². The van der Waals surface area contributed by atoms with Gasteiger partial charge in [0.25, 0.3) is 10.0 Å². The monoisotopic (exact) mass is 373 g/mol. The number of nitrogens with one attached hydrogen (secondary N) is 1. The molecule has 1 atom stereocenters. The number of hydrogen-bond donors (Lipinski definition) is 1. The third-order valence-corrected chi connectivity index (χ3v) is 6.80. The molecule has 2 amide bonds. The quantitative estimate of drug-likeness (QED) is 0.825. The molecule has 9 heteroatoms. The van der Waals surface area contributed by atoms with Gasteiger partial charge in [0.05, 0.1) is 6.04 Å². The molecule has 0 aliphatic carbocycles. The zero-order valence-corrected chi connectivity index (χ0v) is 15.7. The molecule has 1 aliphatic heterocycles. The second-order valence-electron chi connectivity index (χ2n) is 6.08. The number of carbonyl (C=O) groups excluding carboxylic acids is 2. The molecular formula is C15H23N3O4S2. The van der Waals surface area contributed by atoms with Crippen molar-refractivity contribution in [2.45, 2.75) is 31.0 Å². The molecule has 1 aromatic rings.